The smallest absolute Gasteiger partial charge is 0.250 e. The monoisotopic (exact) mass is 318 g/mol. The van der Waals surface area contributed by atoms with Gasteiger partial charge in [0.1, 0.15) is 5.69 Å². The topological polar surface area (TPSA) is 64.2 Å². The molecule has 2 heterocycles. The molecule has 1 fully saturated rings. The lowest BCUT2D eigenvalue weighted by molar-refractivity contribution is 0.329. The van der Waals surface area contributed by atoms with Crippen molar-refractivity contribution in [3.8, 4) is 0 Å². The fraction of sp³-hybridized carbons (Fsp3) is 0.529. The molecule has 0 aromatic carbocycles. The van der Waals surface area contributed by atoms with Gasteiger partial charge in [0.2, 0.25) is 0 Å². The molecular formula is C17H23FN4O. The maximum Gasteiger partial charge on any atom is 0.250 e. The van der Waals surface area contributed by atoms with Gasteiger partial charge in [-0.15, -0.1) is 0 Å². The zero-order valence-corrected chi connectivity index (χ0v) is 13.6. The Morgan fingerprint density at radius 2 is 2.04 bits per heavy atom. The molecule has 1 aliphatic carbocycles. The first kappa shape index (κ1) is 15.9. The number of rotatable bonds is 3. The molecule has 124 valence electrons. The Bertz CT molecular complexity index is 765. The third-order valence-electron chi connectivity index (χ3n) is 4.87. The summed E-state index contributed by atoms with van der Waals surface area (Å²) < 4.78 is 15.9. The van der Waals surface area contributed by atoms with E-state index in [1.54, 1.807) is 13.1 Å². The number of nitrogens with zero attached hydrogens (tertiary/aromatic N) is 3. The van der Waals surface area contributed by atoms with Crippen LogP contribution < -0.4 is 16.2 Å². The fourth-order valence-corrected chi connectivity index (χ4v) is 3.52. The Kier molecular flexibility index (Phi) is 4.35. The molecule has 0 saturated heterocycles. The maximum atomic E-state index is 14.5. The van der Waals surface area contributed by atoms with Gasteiger partial charge in [0.05, 0.1) is 17.2 Å². The van der Waals surface area contributed by atoms with Crippen LogP contribution in [-0.2, 0) is 7.05 Å². The molecule has 0 atom stereocenters. The van der Waals surface area contributed by atoms with Gasteiger partial charge >= 0.3 is 0 Å². The number of nitrogens with two attached hydrogens (primary N) is 1. The minimum absolute atomic E-state index is 0.164. The molecule has 0 aliphatic heterocycles. The normalized spacial score (nSPS) is 21.6. The number of hydrogen-bond acceptors (Lipinski definition) is 4. The predicted molar refractivity (Wildman–Crippen MR) is 90.1 cm³/mol. The van der Waals surface area contributed by atoms with Crippen LogP contribution in [0.3, 0.4) is 0 Å². The molecule has 1 aliphatic rings. The van der Waals surface area contributed by atoms with Crippen LogP contribution in [0.15, 0.2) is 23.1 Å². The van der Waals surface area contributed by atoms with Gasteiger partial charge in [-0.1, -0.05) is 0 Å². The van der Waals surface area contributed by atoms with Crippen molar-refractivity contribution < 1.29 is 4.39 Å². The molecule has 23 heavy (non-hydrogen) atoms. The number of aromatic nitrogens is 2. The van der Waals surface area contributed by atoms with Gasteiger partial charge in [-0.05, 0) is 37.7 Å². The Hall–Kier alpha value is -1.95. The van der Waals surface area contributed by atoms with E-state index >= 15 is 0 Å². The molecule has 3 rings (SSSR count). The molecule has 0 amide bonds. The second kappa shape index (κ2) is 6.28. The second-order valence-corrected chi connectivity index (χ2v) is 6.58. The third kappa shape index (κ3) is 3.08. The number of aryl methyl sites for hydroxylation is 1. The van der Waals surface area contributed by atoms with Crippen molar-refractivity contribution in [2.75, 3.05) is 18.5 Å². The van der Waals surface area contributed by atoms with Crippen molar-refractivity contribution in [3.63, 3.8) is 0 Å². The molecule has 5 nitrogen and oxygen atoms in total. The number of halogens is 1. The van der Waals surface area contributed by atoms with Crippen LogP contribution in [0.2, 0.25) is 0 Å². The highest BCUT2D eigenvalue weighted by molar-refractivity contribution is 5.88. The lowest BCUT2D eigenvalue weighted by Gasteiger charge is -2.31. The van der Waals surface area contributed by atoms with Gasteiger partial charge in [-0.25, -0.2) is 4.39 Å². The molecule has 6 heteroatoms. The Balaban J connectivity index is 1.96. The van der Waals surface area contributed by atoms with Crippen molar-refractivity contribution >= 4 is 16.7 Å². The average molecular weight is 318 g/mol. The summed E-state index contributed by atoms with van der Waals surface area (Å²) in [6.45, 7) is 0.756. The van der Waals surface area contributed by atoms with Gasteiger partial charge in [-0.2, -0.15) is 0 Å². The summed E-state index contributed by atoms with van der Waals surface area (Å²) in [7, 11) is 3.53. The van der Waals surface area contributed by atoms with Gasteiger partial charge in [-0.3, -0.25) is 9.78 Å². The SMILES string of the molecule is CN(CC1CCC(N)CC1)c1c(F)cnc2ccc(=O)n(C)c12. The summed E-state index contributed by atoms with van der Waals surface area (Å²) in [6.07, 6.45) is 5.41. The summed E-state index contributed by atoms with van der Waals surface area (Å²) in [5, 5.41) is 0. The highest BCUT2D eigenvalue weighted by Crippen LogP contribution is 2.30. The van der Waals surface area contributed by atoms with E-state index in [9.17, 15) is 9.18 Å². The largest absolute Gasteiger partial charge is 0.370 e. The van der Waals surface area contributed by atoms with Crippen LogP contribution in [0.4, 0.5) is 10.1 Å². The van der Waals surface area contributed by atoms with Crippen molar-refractivity contribution in [1.29, 1.82) is 0 Å². The van der Waals surface area contributed by atoms with Gasteiger partial charge in [0.15, 0.2) is 5.82 Å². The Morgan fingerprint density at radius 3 is 2.74 bits per heavy atom. The first-order valence-corrected chi connectivity index (χ1v) is 8.08. The Labute approximate surface area is 134 Å². The highest BCUT2D eigenvalue weighted by atomic mass is 19.1. The van der Waals surface area contributed by atoms with Crippen LogP contribution in [0.5, 0.6) is 0 Å². The van der Waals surface area contributed by atoms with Crippen LogP contribution in [-0.4, -0.2) is 29.2 Å². The van der Waals surface area contributed by atoms with Gasteiger partial charge in [0.25, 0.3) is 5.56 Å². The lowest BCUT2D eigenvalue weighted by atomic mass is 9.86. The standard InChI is InChI=1S/C17H23FN4O/c1-21(10-11-3-5-12(19)6-4-11)16-13(18)9-20-14-7-8-15(23)22(2)17(14)16/h7-9,11-12H,3-6,10,19H2,1-2H3. The quantitative estimate of drug-likeness (QED) is 0.940. The van der Waals surface area contributed by atoms with E-state index in [2.05, 4.69) is 4.98 Å². The predicted octanol–water partition coefficient (Wildman–Crippen LogP) is 2.03. The van der Waals surface area contributed by atoms with Crippen LogP contribution >= 0.6 is 0 Å². The molecule has 2 aromatic rings. The summed E-state index contributed by atoms with van der Waals surface area (Å²) >= 11 is 0. The van der Waals surface area contributed by atoms with E-state index in [0.717, 1.165) is 32.2 Å². The minimum Gasteiger partial charge on any atom is -0.370 e. The second-order valence-electron chi connectivity index (χ2n) is 6.58. The fourth-order valence-electron chi connectivity index (χ4n) is 3.52. The van der Waals surface area contributed by atoms with E-state index in [1.165, 1.54) is 16.8 Å². The van der Waals surface area contributed by atoms with E-state index in [-0.39, 0.29) is 5.56 Å². The zero-order valence-electron chi connectivity index (χ0n) is 13.6. The number of pyridine rings is 2. The molecule has 0 radical (unpaired) electrons. The summed E-state index contributed by atoms with van der Waals surface area (Å²) in [5.41, 5.74) is 7.41. The first-order chi connectivity index (χ1) is 11.0. The van der Waals surface area contributed by atoms with E-state index in [4.69, 9.17) is 5.73 Å². The Morgan fingerprint density at radius 1 is 1.35 bits per heavy atom. The molecule has 0 spiro atoms. The van der Waals surface area contributed by atoms with Crippen LogP contribution in [0.1, 0.15) is 25.7 Å². The highest BCUT2D eigenvalue weighted by Gasteiger charge is 2.22. The van der Waals surface area contributed by atoms with Crippen LogP contribution in [0.25, 0.3) is 11.0 Å². The average Bonchev–Trinajstić information content (AvgIpc) is 2.53. The van der Waals surface area contributed by atoms with Crippen molar-refractivity contribution in [3.05, 3.63) is 34.5 Å². The number of anilines is 1. The van der Waals surface area contributed by atoms with Crippen LogP contribution in [0, 0.1) is 11.7 Å². The van der Waals surface area contributed by atoms with Gasteiger partial charge < -0.3 is 15.2 Å². The lowest BCUT2D eigenvalue weighted by Crippen LogP contribution is -2.33. The van der Waals surface area contributed by atoms with E-state index in [0.29, 0.717) is 28.7 Å². The maximum absolute atomic E-state index is 14.5. The number of hydrogen-bond donors (Lipinski definition) is 1. The van der Waals surface area contributed by atoms with Crippen molar-refractivity contribution in [2.24, 2.45) is 18.7 Å². The molecule has 2 aromatic heterocycles. The summed E-state index contributed by atoms with van der Waals surface area (Å²) in [4.78, 5) is 17.9. The zero-order chi connectivity index (χ0) is 16.6. The van der Waals surface area contributed by atoms with E-state index < -0.39 is 5.82 Å². The molecule has 2 N–H and O–H groups in total. The molecule has 0 bridgehead atoms. The molecule has 1 saturated carbocycles. The minimum atomic E-state index is -0.395. The van der Waals surface area contributed by atoms with E-state index in [1.807, 2.05) is 11.9 Å². The summed E-state index contributed by atoms with van der Waals surface area (Å²) in [6, 6.07) is 3.41. The number of fused-ring (bicyclic) bond motifs is 1. The first-order valence-electron chi connectivity index (χ1n) is 8.08. The molecular weight excluding hydrogens is 295 g/mol. The molecule has 0 unspecified atom stereocenters. The summed E-state index contributed by atoms with van der Waals surface area (Å²) in [5.74, 6) is 0.108. The van der Waals surface area contributed by atoms with Crippen molar-refractivity contribution in [1.82, 2.24) is 9.55 Å². The third-order valence-corrected chi connectivity index (χ3v) is 4.87. The van der Waals surface area contributed by atoms with Crippen molar-refractivity contribution in [2.45, 2.75) is 31.7 Å². The van der Waals surface area contributed by atoms with Gasteiger partial charge in [0, 0.05) is 32.7 Å².